The second kappa shape index (κ2) is 9.88. The maximum Gasteiger partial charge on any atom is 0.255 e. The molecule has 0 aliphatic heterocycles. The molecule has 1 N–H and O–H groups in total. The van der Waals surface area contributed by atoms with Gasteiger partial charge in [0.2, 0.25) is 0 Å². The SMILES string of the molecule is CCOc1ccc(C(=O)Nc2ccc(Cl)cc2Cl)cc1COc1ccc(C)c(C)c1. The van der Waals surface area contributed by atoms with Crippen LogP contribution in [0.4, 0.5) is 5.69 Å². The molecule has 0 aliphatic carbocycles. The lowest BCUT2D eigenvalue weighted by Gasteiger charge is -2.14. The summed E-state index contributed by atoms with van der Waals surface area (Å²) in [5.74, 6) is 1.17. The first kappa shape index (κ1) is 22.0. The number of carbonyl (C=O) groups excluding carboxylic acids is 1. The Labute approximate surface area is 186 Å². The standard InChI is InChI=1S/C24H23Cl2NO3/c1-4-29-23-10-6-17(24(28)27-22-9-7-19(25)13-21(22)26)12-18(23)14-30-20-8-5-15(2)16(3)11-20/h5-13H,4,14H2,1-3H3,(H,27,28). The van der Waals surface area contributed by atoms with Gasteiger partial charge in [0.05, 0.1) is 17.3 Å². The van der Waals surface area contributed by atoms with Gasteiger partial charge in [-0.15, -0.1) is 0 Å². The van der Waals surface area contributed by atoms with Crippen molar-refractivity contribution in [3.05, 3.63) is 86.9 Å². The summed E-state index contributed by atoms with van der Waals surface area (Å²) in [5, 5.41) is 3.69. The van der Waals surface area contributed by atoms with Gasteiger partial charge >= 0.3 is 0 Å². The smallest absolute Gasteiger partial charge is 0.255 e. The zero-order valence-electron chi connectivity index (χ0n) is 17.1. The summed E-state index contributed by atoms with van der Waals surface area (Å²) < 4.78 is 11.7. The second-order valence-electron chi connectivity index (χ2n) is 6.87. The number of hydrogen-bond donors (Lipinski definition) is 1. The molecule has 0 aromatic heterocycles. The number of nitrogens with one attached hydrogen (secondary N) is 1. The topological polar surface area (TPSA) is 47.6 Å². The van der Waals surface area contributed by atoms with Gasteiger partial charge in [-0.2, -0.15) is 0 Å². The normalized spacial score (nSPS) is 10.6. The van der Waals surface area contributed by atoms with Crippen molar-refractivity contribution in [3.8, 4) is 11.5 Å². The number of rotatable bonds is 7. The molecule has 0 aliphatic rings. The van der Waals surface area contributed by atoms with Crippen molar-refractivity contribution in [1.82, 2.24) is 0 Å². The summed E-state index contributed by atoms with van der Waals surface area (Å²) in [6.07, 6.45) is 0. The summed E-state index contributed by atoms with van der Waals surface area (Å²) in [6, 6.07) is 16.1. The van der Waals surface area contributed by atoms with Crippen LogP contribution >= 0.6 is 23.2 Å². The van der Waals surface area contributed by atoms with Crippen LogP contribution in [0.3, 0.4) is 0 Å². The van der Waals surface area contributed by atoms with Crippen LogP contribution in [-0.2, 0) is 6.61 Å². The Morgan fingerprint density at radius 1 is 0.933 bits per heavy atom. The molecule has 3 rings (SSSR count). The van der Waals surface area contributed by atoms with Crippen molar-refractivity contribution >= 4 is 34.8 Å². The number of aryl methyl sites for hydroxylation is 2. The number of anilines is 1. The van der Waals surface area contributed by atoms with Crippen molar-refractivity contribution < 1.29 is 14.3 Å². The Kier molecular flexibility index (Phi) is 7.24. The largest absolute Gasteiger partial charge is 0.493 e. The van der Waals surface area contributed by atoms with Crippen LogP contribution in [0.25, 0.3) is 0 Å². The van der Waals surface area contributed by atoms with Crippen LogP contribution in [0.5, 0.6) is 11.5 Å². The molecule has 156 valence electrons. The van der Waals surface area contributed by atoms with E-state index in [0.29, 0.717) is 33.7 Å². The number of amides is 1. The third kappa shape index (κ3) is 5.47. The summed E-state index contributed by atoms with van der Waals surface area (Å²) in [6.45, 7) is 6.81. The van der Waals surface area contributed by atoms with E-state index in [9.17, 15) is 4.79 Å². The van der Waals surface area contributed by atoms with Crippen LogP contribution in [0.15, 0.2) is 54.6 Å². The van der Waals surface area contributed by atoms with Gasteiger partial charge in [-0.3, -0.25) is 4.79 Å². The van der Waals surface area contributed by atoms with Crippen LogP contribution < -0.4 is 14.8 Å². The van der Waals surface area contributed by atoms with E-state index in [1.165, 1.54) is 5.56 Å². The van der Waals surface area contributed by atoms with Crippen LogP contribution in [0, 0.1) is 13.8 Å². The van der Waals surface area contributed by atoms with Crippen molar-refractivity contribution in [3.63, 3.8) is 0 Å². The van der Waals surface area contributed by atoms with Gasteiger partial charge in [-0.25, -0.2) is 0 Å². The van der Waals surface area contributed by atoms with Gasteiger partial charge in [0.25, 0.3) is 5.91 Å². The Bertz CT molecular complexity index is 1070. The first-order valence-corrected chi connectivity index (χ1v) is 10.3. The average molecular weight is 444 g/mol. The number of carbonyl (C=O) groups is 1. The third-order valence-corrected chi connectivity index (χ3v) is 5.22. The van der Waals surface area contributed by atoms with Crippen molar-refractivity contribution in [2.24, 2.45) is 0 Å². The predicted octanol–water partition coefficient (Wildman–Crippen LogP) is 6.84. The maximum atomic E-state index is 12.7. The molecule has 0 bridgehead atoms. The first-order valence-electron chi connectivity index (χ1n) is 9.59. The molecule has 6 heteroatoms. The highest BCUT2D eigenvalue weighted by Gasteiger charge is 2.13. The van der Waals surface area contributed by atoms with E-state index in [2.05, 4.69) is 12.2 Å². The van der Waals surface area contributed by atoms with Gasteiger partial charge in [0.1, 0.15) is 18.1 Å². The Morgan fingerprint density at radius 3 is 2.43 bits per heavy atom. The van der Waals surface area contributed by atoms with E-state index in [0.717, 1.165) is 16.9 Å². The minimum Gasteiger partial charge on any atom is -0.493 e. The van der Waals surface area contributed by atoms with E-state index in [1.54, 1.807) is 36.4 Å². The number of hydrogen-bond acceptors (Lipinski definition) is 3. The fourth-order valence-corrected chi connectivity index (χ4v) is 3.34. The third-order valence-electron chi connectivity index (χ3n) is 4.67. The van der Waals surface area contributed by atoms with Crippen LogP contribution in [0.2, 0.25) is 10.0 Å². The zero-order valence-corrected chi connectivity index (χ0v) is 18.6. The predicted molar refractivity (Wildman–Crippen MR) is 122 cm³/mol. The van der Waals surface area contributed by atoms with Crippen molar-refractivity contribution in [2.45, 2.75) is 27.4 Å². The van der Waals surface area contributed by atoms with E-state index in [-0.39, 0.29) is 12.5 Å². The monoisotopic (exact) mass is 443 g/mol. The zero-order chi connectivity index (χ0) is 21.7. The molecular weight excluding hydrogens is 421 g/mol. The van der Waals surface area contributed by atoms with Crippen molar-refractivity contribution in [1.29, 1.82) is 0 Å². The van der Waals surface area contributed by atoms with Gasteiger partial charge in [0, 0.05) is 16.1 Å². The second-order valence-corrected chi connectivity index (χ2v) is 7.71. The molecule has 0 fully saturated rings. The summed E-state index contributed by atoms with van der Waals surface area (Å²) in [7, 11) is 0. The molecule has 0 saturated heterocycles. The van der Waals surface area contributed by atoms with Crippen LogP contribution in [0.1, 0.15) is 34.0 Å². The highest BCUT2D eigenvalue weighted by molar-refractivity contribution is 6.36. The van der Waals surface area contributed by atoms with Crippen LogP contribution in [-0.4, -0.2) is 12.5 Å². The minimum atomic E-state index is -0.283. The molecule has 0 spiro atoms. The lowest BCUT2D eigenvalue weighted by atomic mass is 10.1. The highest BCUT2D eigenvalue weighted by Crippen LogP contribution is 2.27. The van der Waals surface area contributed by atoms with E-state index in [4.69, 9.17) is 32.7 Å². The molecule has 0 unspecified atom stereocenters. The molecule has 1 amide bonds. The average Bonchev–Trinajstić information content (AvgIpc) is 2.72. The molecule has 0 heterocycles. The fourth-order valence-electron chi connectivity index (χ4n) is 2.88. The Balaban J connectivity index is 1.80. The molecule has 3 aromatic rings. The maximum absolute atomic E-state index is 12.7. The molecule has 30 heavy (non-hydrogen) atoms. The van der Waals surface area contributed by atoms with Gasteiger partial charge in [0.15, 0.2) is 0 Å². The number of benzene rings is 3. The molecule has 3 aromatic carbocycles. The minimum absolute atomic E-state index is 0.278. The quantitative estimate of drug-likeness (QED) is 0.434. The molecule has 0 radical (unpaired) electrons. The lowest BCUT2D eigenvalue weighted by Crippen LogP contribution is -2.13. The lowest BCUT2D eigenvalue weighted by molar-refractivity contribution is 0.102. The number of halogens is 2. The van der Waals surface area contributed by atoms with E-state index < -0.39 is 0 Å². The molecule has 0 saturated carbocycles. The molecule has 0 atom stereocenters. The molecular formula is C24H23Cl2NO3. The Morgan fingerprint density at radius 2 is 1.73 bits per heavy atom. The van der Waals surface area contributed by atoms with Gasteiger partial charge < -0.3 is 14.8 Å². The summed E-state index contributed by atoms with van der Waals surface area (Å²) in [5.41, 5.74) is 4.11. The summed E-state index contributed by atoms with van der Waals surface area (Å²) >= 11 is 12.1. The summed E-state index contributed by atoms with van der Waals surface area (Å²) in [4.78, 5) is 12.7. The first-order chi connectivity index (χ1) is 14.4. The van der Waals surface area contributed by atoms with E-state index in [1.807, 2.05) is 32.0 Å². The van der Waals surface area contributed by atoms with Gasteiger partial charge in [-0.1, -0.05) is 29.3 Å². The highest BCUT2D eigenvalue weighted by atomic mass is 35.5. The van der Waals surface area contributed by atoms with E-state index >= 15 is 0 Å². The van der Waals surface area contributed by atoms with Gasteiger partial charge in [-0.05, 0) is 80.4 Å². The molecule has 4 nitrogen and oxygen atoms in total. The number of ether oxygens (including phenoxy) is 2. The Hall–Kier alpha value is -2.69. The van der Waals surface area contributed by atoms with Crippen molar-refractivity contribution in [2.75, 3.05) is 11.9 Å². The fraction of sp³-hybridized carbons (Fsp3) is 0.208.